The lowest BCUT2D eigenvalue weighted by atomic mass is 10.2. The predicted molar refractivity (Wildman–Crippen MR) is 86.9 cm³/mol. The van der Waals surface area contributed by atoms with Gasteiger partial charge in [-0.05, 0) is 12.0 Å². The molecule has 3 rings (SSSR count). The van der Waals surface area contributed by atoms with Crippen molar-refractivity contribution in [3.63, 3.8) is 0 Å². The number of nitrogens with one attached hydrogen (secondary N) is 1. The van der Waals surface area contributed by atoms with Gasteiger partial charge in [0.25, 0.3) is 5.91 Å². The van der Waals surface area contributed by atoms with Crippen molar-refractivity contribution in [2.24, 2.45) is 5.92 Å². The molecule has 0 aromatic carbocycles. The minimum absolute atomic E-state index is 0.123. The van der Waals surface area contributed by atoms with Crippen LogP contribution in [0.4, 0.5) is 0 Å². The highest BCUT2D eigenvalue weighted by molar-refractivity contribution is 7.16. The molecule has 0 spiro atoms. The summed E-state index contributed by atoms with van der Waals surface area (Å²) >= 11 is 1.29. The molecule has 0 saturated heterocycles. The summed E-state index contributed by atoms with van der Waals surface area (Å²) < 4.78 is 1.99. The van der Waals surface area contributed by atoms with Crippen LogP contribution in [0.3, 0.4) is 0 Å². The lowest BCUT2D eigenvalue weighted by Crippen LogP contribution is -2.29. The van der Waals surface area contributed by atoms with Crippen LogP contribution < -0.4 is 5.32 Å². The Balaban J connectivity index is 1.55. The molecule has 1 amide bonds. The van der Waals surface area contributed by atoms with Crippen LogP contribution in [0.15, 0.2) is 43.4 Å². The third-order valence-corrected chi connectivity index (χ3v) is 4.17. The van der Waals surface area contributed by atoms with E-state index in [1.807, 2.05) is 10.8 Å². The van der Waals surface area contributed by atoms with Gasteiger partial charge >= 0.3 is 0 Å². The molecule has 7 nitrogen and oxygen atoms in total. The van der Waals surface area contributed by atoms with Crippen LogP contribution in [-0.2, 0) is 6.54 Å². The SMILES string of the molecule is CC(CNC(=O)c1cnc(-c2ncccn2)s1)Cn1ccnc1. The average Bonchev–Trinajstić information content (AvgIpc) is 3.25. The summed E-state index contributed by atoms with van der Waals surface area (Å²) in [5, 5.41) is 3.57. The van der Waals surface area contributed by atoms with Gasteiger partial charge in [0.15, 0.2) is 10.8 Å². The minimum Gasteiger partial charge on any atom is -0.351 e. The first-order chi connectivity index (χ1) is 11.2. The van der Waals surface area contributed by atoms with Gasteiger partial charge in [0.05, 0.1) is 12.5 Å². The van der Waals surface area contributed by atoms with E-state index in [1.165, 1.54) is 11.3 Å². The van der Waals surface area contributed by atoms with Crippen LogP contribution in [0.2, 0.25) is 0 Å². The van der Waals surface area contributed by atoms with Crippen molar-refractivity contribution in [1.29, 1.82) is 0 Å². The van der Waals surface area contributed by atoms with Crippen molar-refractivity contribution in [1.82, 2.24) is 29.8 Å². The van der Waals surface area contributed by atoms with Crippen molar-refractivity contribution in [3.8, 4) is 10.8 Å². The van der Waals surface area contributed by atoms with Gasteiger partial charge in [-0.2, -0.15) is 0 Å². The molecule has 0 aliphatic carbocycles. The standard InChI is InChI=1S/C15H16N6OS/c1-11(9-21-6-5-16-10-21)7-19-14(22)12-8-20-15(23-12)13-17-3-2-4-18-13/h2-6,8,10-11H,7,9H2,1H3,(H,19,22). The van der Waals surface area contributed by atoms with Crippen LogP contribution >= 0.6 is 11.3 Å². The number of carbonyl (C=O) groups excluding carboxylic acids is 1. The summed E-state index contributed by atoms with van der Waals surface area (Å²) in [6, 6.07) is 1.74. The molecule has 1 N–H and O–H groups in total. The summed E-state index contributed by atoms with van der Waals surface area (Å²) in [5.74, 6) is 0.713. The fraction of sp³-hybridized carbons (Fsp3) is 0.267. The Hall–Kier alpha value is -2.61. The zero-order valence-corrected chi connectivity index (χ0v) is 13.4. The lowest BCUT2D eigenvalue weighted by Gasteiger charge is -2.12. The number of hydrogen-bond donors (Lipinski definition) is 1. The molecule has 0 radical (unpaired) electrons. The highest BCUT2D eigenvalue weighted by Crippen LogP contribution is 2.21. The van der Waals surface area contributed by atoms with Crippen molar-refractivity contribution < 1.29 is 4.79 Å². The van der Waals surface area contributed by atoms with Crippen molar-refractivity contribution in [2.45, 2.75) is 13.5 Å². The number of carbonyl (C=O) groups is 1. The molecule has 118 valence electrons. The maximum absolute atomic E-state index is 12.2. The second kappa shape index (κ2) is 7.10. The van der Waals surface area contributed by atoms with E-state index in [0.29, 0.717) is 28.2 Å². The van der Waals surface area contributed by atoms with Crippen LogP contribution in [0.1, 0.15) is 16.6 Å². The van der Waals surface area contributed by atoms with E-state index in [0.717, 1.165) is 6.54 Å². The topological polar surface area (TPSA) is 85.6 Å². The summed E-state index contributed by atoms with van der Waals surface area (Å²) in [7, 11) is 0. The first kappa shape index (κ1) is 15.3. The first-order valence-corrected chi connectivity index (χ1v) is 8.01. The van der Waals surface area contributed by atoms with E-state index in [-0.39, 0.29) is 5.91 Å². The van der Waals surface area contributed by atoms with E-state index in [4.69, 9.17) is 0 Å². The number of rotatable bonds is 6. The van der Waals surface area contributed by atoms with Crippen molar-refractivity contribution >= 4 is 17.2 Å². The molecule has 0 aliphatic rings. The van der Waals surface area contributed by atoms with Gasteiger partial charge in [0, 0.05) is 37.9 Å². The van der Waals surface area contributed by atoms with Gasteiger partial charge in [-0.1, -0.05) is 6.92 Å². The predicted octanol–water partition coefficient (Wildman–Crippen LogP) is 1.86. The van der Waals surface area contributed by atoms with Gasteiger partial charge in [-0.25, -0.2) is 19.9 Å². The quantitative estimate of drug-likeness (QED) is 0.746. The Bertz CT molecular complexity index is 755. The molecule has 3 heterocycles. The van der Waals surface area contributed by atoms with Crippen molar-refractivity contribution in [3.05, 3.63) is 48.3 Å². The van der Waals surface area contributed by atoms with E-state index in [9.17, 15) is 4.79 Å². The largest absolute Gasteiger partial charge is 0.351 e. The molecule has 0 fully saturated rings. The smallest absolute Gasteiger partial charge is 0.263 e. The third kappa shape index (κ3) is 3.98. The molecule has 1 unspecified atom stereocenters. The fourth-order valence-corrected chi connectivity index (χ4v) is 2.85. The number of amides is 1. The second-order valence-corrected chi connectivity index (χ2v) is 6.21. The van der Waals surface area contributed by atoms with Gasteiger partial charge in [-0.15, -0.1) is 11.3 Å². The van der Waals surface area contributed by atoms with Crippen LogP contribution in [0, 0.1) is 5.92 Å². The van der Waals surface area contributed by atoms with Gasteiger partial charge in [0.2, 0.25) is 0 Å². The molecule has 8 heteroatoms. The monoisotopic (exact) mass is 328 g/mol. The van der Waals surface area contributed by atoms with E-state index < -0.39 is 0 Å². The van der Waals surface area contributed by atoms with Gasteiger partial charge < -0.3 is 9.88 Å². The van der Waals surface area contributed by atoms with Crippen molar-refractivity contribution in [2.75, 3.05) is 6.54 Å². The van der Waals surface area contributed by atoms with Crippen LogP contribution in [0.25, 0.3) is 10.8 Å². The molecular formula is C15H16N6OS. The number of aromatic nitrogens is 5. The maximum atomic E-state index is 12.2. The van der Waals surface area contributed by atoms with E-state index in [2.05, 4.69) is 32.2 Å². The number of thiazole rings is 1. The average molecular weight is 328 g/mol. The van der Waals surface area contributed by atoms with Crippen LogP contribution in [0.5, 0.6) is 0 Å². The zero-order chi connectivity index (χ0) is 16.1. The first-order valence-electron chi connectivity index (χ1n) is 7.19. The summed E-state index contributed by atoms with van der Waals surface area (Å²) in [6.07, 6.45) is 10.3. The van der Waals surface area contributed by atoms with E-state index >= 15 is 0 Å². The molecule has 0 bridgehead atoms. The Kier molecular flexibility index (Phi) is 4.72. The molecule has 0 saturated carbocycles. The Morgan fingerprint density at radius 2 is 2.13 bits per heavy atom. The minimum atomic E-state index is -0.123. The highest BCUT2D eigenvalue weighted by Gasteiger charge is 2.14. The van der Waals surface area contributed by atoms with Gasteiger partial charge in [0.1, 0.15) is 4.88 Å². The Labute approximate surface area is 137 Å². The molecular weight excluding hydrogens is 312 g/mol. The highest BCUT2D eigenvalue weighted by atomic mass is 32.1. The number of nitrogens with zero attached hydrogens (tertiary/aromatic N) is 5. The molecule has 3 aromatic heterocycles. The normalized spacial score (nSPS) is 12.0. The van der Waals surface area contributed by atoms with Crippen LogP contribution in [-0.4, -0.2) is 37.0 Å². The molecule has 0 aliphatic heterocycles. The molecule has 23 heavy (non-hydrogen) atoms. The maximum Gasteiger partial charge on any atom is 0.263 e. The zero-order valence-electron chi connectivity index (χ0n) is 12.6. The van der Waals surface area contributed by atoms with Gasteiger partial charge in [-0.3, -0.25) is 4.79 Å². The summed E-state index contributed by atoms with van der Waals surface area (Å²) in [5.41, 5.74) is 0. The summed E-state index contributed by atoms with van der Waals surface area (Å²) in [6.45, 7) is 3.48. The van der Waals surface area contributed by atoms with E-state index in [1.54, 1.807) is 37.2 Å². The second-order valence-electron chi connectivity index (χ2n) is 5.18. The molecule has 3 aromatic rings. The number of imidazole rings is 1. The summed E-state index contributed by atoms with van der Waals surface area (Å²) in [4.78, 5) is 29.2. The fourth-order valence-electron chi connectivity index (χ4n) is 2.07. The Morgan fingerprint density at radius 1 is 1.30 bits per heavy atom. The lowest BCUT2D eigenvalue weighted by molar-refractivity contribution is 0.0950. The third-order valence-electron chi connectivity index (χ3n) is 3.18. The molecule has 1 atom stereocenters. The number of hydrogen-bond acceptors (Lipinski definition) is 6. The Morgan fingerprint density at radius 3 is 2.87 bits per heavy atom.